The lowest BCUT2D eigenvalue weighted by atomic mass is 9.98. The summed E-state index contributed by atoms with van der Waals surface area (Å²) in [7, 11) is -3.82. The van der Waals surface area contributed by atoms with E-state index in [0.717, 1.165) is 30.4 Å². The fourth-order valence-electron chi connectivity index (χ4n) is 5.39. The number of aliphatic hydroxyl groups excluding tert-OH is 1. The third kappa shape index (κ3) is 9.03. The van der Waals surface area contributed by atoms with Crippen LogP contribution in [0.25, 0.3) is 0 Å². The predicted molar refractivity (Wildman–Crippen MR) is 169 cm³/mol. The molecule has 2 aliphatic rings. The molecule has 2 aromatic carbocycles. The summed E-state index contributed by atoms with van der Waals surface area (Å²) in [6.07, 6.45) is 2.74. The van der Waals surface area contributed by atoms with E-state index in [-0.39, 0.29) is 54.5 Å². The van der Waals surface area contributed by atoms with Crippen LogP contribution >= 0.6 is 0 Å². The Hall–Kier alpha value is -2.99. The first-order valence-electron chi connectivity index (χ1n) is 15.8. The molecule has 11 heteroatoms. The number of carbonyl (C=O) groups is 2. The standard InChI is InChI=1S/C33H48N4O6S/c1-5-23(4)17-32(40)37(36-31(39)21-34-26-11-12-26)28(18-24-9-7-6-8-10-24)29(38)20-35-33(22(2)3)44(41,42)27-13-14-30-25(19-27)15-16-43-30/h6-10,13-14,19,22-23,26,28-29,33-35,38H,5,11-12,15-18,20-21H2,1-4H3,(H,36,39)/t23-,28-,29+,33?/m0/s1. The van der Waals surface area contributed by atoms with E-state index in [1.807, 2.05) is 58.0 Å². The summed E-state index contributed by atoms with van der Waals surface area (Å²) in [6.45, 7) is 8.07. The van der Waals surface area contributed by atoms with Crippen LogP contribution in [0.4, 0.5) is 0 Å². The number of nitrogens with zero attached hydrogens (tertiary/aromatic N) is 1. The zero-order valence-electron chi connectivity index (χ0n) is 26.3. The fraction of sp³-hybridized carbons (Fsp3) is 0.576. The Labute approximate surface area is 261 Å². The number of ether oxygens (including phenoxy) is 1. The van der Waals surface area contributed by atoms with Crippen LogP contribution in [-0.4, -0.2) is 73.6 Å². The third-order valence-corrected chi connectivity index (χ3v) is 10.7. The lowest BCUT2D eigenvalue weighted by molar-refractivity contribution is -0.148. The molecule has 0 aromatic heterocycles. The van der Waals surface area contributed by atoms with Gasteiger partial charge in [-0.3, -0.25) is 20.3 Å². The van der Waals surface area contributed by atoms with Crippen molar-refractivity contribution < 1.29 is 27.9 Å². The second kappa shape index (κ2) is 15.3. The Morgan fingerprint density at radius 1 is 1.09 bits per heavy atom. The molecule has 1 fully saturated rings. The predicted octanol–water partition coefficient (Wildman–Crippen LogP) is 2.99. The van der Waals surface area contributed by atoms with Gasteiger partial charge in [0.1, 0.15) is 11.1 Å². The van der Waals surface area contributed by atoms with Gasteiger partial charge in [-0.05, 0) is 60.4 Å². The number of fused-ring (bicyclic) bond motifs is 1. The maximum Gasteiger partial charge on any atom is 0.252 e. The molecule has 1 unspecified atom stereocenters. The first-order valence-corrected chi connectivity index (χ1v) is 17.3. The van der Waals surface area contributed by atoms with E-state index in [0.29, 0.717) is 24.8 Å². The van der Waals surface area contributed by atoms with Gasteiger partial charge < -0.3 is 15.2 Å². The summed E-state index contributed by atoms with van der Waals surface area (Å²) in [5, 5.41) is 18.2. The van der Waals surface area contributed by atoms with Gasteiger partial charge in [-0.1, -0.05) is 64.4 Å². The van der Waals surface area contributed by atoms with E-state index < -0.39 is 27.4 Å². The molecule has 4 atom stereocenters. The zero-order valence-corrected chi connectivity index (χ0v) is 27.1. The Kier molecular flexibility index (Phi) is 11.8. The average Bonchev–Trinajstić information content (AvgIpc) is 3.71. The van der Waals surface area contributed by atoms with Crippen molar-refractivity contribution >= 4 is 21.7 Å². The highest BCUT2D eigenvalue weighted by Crippen LogP contribution is 2.30. The summed E-state index contributed by atoms with van der Waals surface area (Å²) in [5.41, 5.74) is 4.52. The topological polar surface area (TPSA) is 137 Å². The van der Waals surface area contributed by atoms with E-state index in [2.05, 4.69) is 16.1 Å². The van der Waals surface area contributed by atoms with Crippen LogP contribution in [0.2, 0.25) is 0 Å². The Morgan fingerprint density at radius 2 is 1.82 bits per heavy atom. The van der Waals surface area contributed by atoms with Crippen molar-refractivity contribution in [2.24, 2.45) is 11.8 Å². The van der Waals surface area contributed by atoms with Gasteiger partial charge in [0.25, 0.3) is 5.91 Å². The molecule has 0 radical (unpaired) electrons. The van der Waals surface area contributed by atoms with Crippen molar-refractivity contribution in [3.05, 3.63) is 59.7 Å². The largest absolute Gasteiger partial charge is 0.493 e. The molecule has 1 saturated carbocycles. The van der Waals surface area contributed by atoms with Crippen molar-refractivity contribution in [1.29, 1.82) is 0 Å². The molecule has 242 valence electrons. The van der Waals surface area contributed by atoms with Crippen LogP contribution < -0.4 is 20.8 Å². The van der Waals surface area contributed by atoms with Gasteiger partial charge in [-0.25, -0.2) is 13.4 Å². The fourth-order valence-corrected chi connectivity index (χ4v) is 7.28. The molecule has 2 aromatic rings. The molecule has 0 saturated heterocycles. The first kappa shape index (κ1) is 33.9. The highest BCUT2D eigenvalue weighted by atomic mass is 32.2. The van der Waals surface area contributed by atoms with Crippen molar-refractivity contribution in [3.63, 3.8) is 0 Å². The van der Waals surface area contributed by atoms with Crippen molar-refractivity contribution in [2.75, 3.05) is 19.7 Å². The minimum absolute atomic E-state index is 0.0592. The van der Waals surface area contributed by atoms with E-state index in [4.69, 9.17) is 4.74 Å². The Morgan fingerprint density at radius 3 is 2.48 bits per heavy atom. The van der Waals surface area contributed by atoms with Gasteiger partial charge in [-0.2, -0.15) is 0 Å². The average molecular weight is 629 g/mol. The summed E-state index contributed by atoms with van der Waals surface area (Å²) >= 11 is 0. The number of hydrazine groups is 1. The van der Waals surface area contributed by atoms with Crippen molar-refractivity contribution in [1.82, 2.24) is 21.1 Å². The van der Waals surface area contributed by atoms with Gasteiger partial charge in [0.15, 0.2) is 9.84 Å². The molecule has 1 aliphatic heterocycles. The van der Waals surface area contributed by atoms with E-state index in [9.17, 15) is 23.1 Å². The van der Waals surface area contributed by atoms with E-state index in [1.165, 1.54) is 5.01 Å². The maximum atomic E-state index is 13.8. The van der Waals surface area contributed by atoms with Gasteiger partial charge in [0.05, 0.1) is 30.2 Å². The molecule has 0 bridgehead atoms. The Bertz CT molecular complexity index is 1370. The van der Waals surface area contributed by atoms with Gasteiger partial charge in [0.2, 0.25) is 5.91 Å². The molecule has 10 nitrogen and oxygen atoms in total. The molecule has 4 N–H and O–H groups in total. The number of sulfone groups is 1. The van der Waals surface area contributed by atoms with Crippen LogP contribution in [0.5, 0.6) is 5.75 Å². The molecule has 44 heavy (non-hydrogen) atoms. The number of hydrogen-bond donors (Lipinski definition) is 4. The van der Waals surface area contributed by atoms with Gasteiger partial charge in [0, 0.05) is 25.4 Å². The monoisotopic (exact) mass is 628 g/mol. The molecule has 1 aliphatic carbocycles. The van der Waals surface area contributed by atoms with Crippen molar-refractivity contribution in [2.45, 2.75) is 94.7 Å². The normalized spacial score (nSPS) is 17.3. The van der Waals surface area contributed by atoms with Crippen LogP contribution in [0.1, 0.15) is 64.5 Å². The SMILES string of the molecule is CC[C@H](C)CC(=O)N(NC(=O)CNC1CC1)[C@@H](Cc1ccccc1)[C@H](O)CNC(C(C)C)S(=O)(=O)c1ccc2c(c1)CCO2. The first-order chi connectivity index (χ1) is 21.0. The number of aliphatic hydroxyl groups is 1. The second-order valence-corrected chi connectivity index (χ2v) is 14.6. The number of hydrogen-bond acceptors (Lipinski definition) is 8. The third-order valence-electron chi connectivity index (χ3n) is 8.38. The summed E-state index contributed by atoms with van der Waals surface area (Å²) < 4.78 is 33.2. The minimum atomic E-state index is -3.82. The highest BCUT2D eigenvalue weighted by molar-refractivity contribution is 7.92. The van der Waals surface area contributed by atoms with Crippen molar-refractivity contribution in [3.8, 4) is 5.75 Å². The summed E-state index contributed by atoms with van der Waals surface area (Å²) in [4.78, 5) is 26.9. The summed E-state index contributed by atoms with van der Waals surface area (Å²) in [6, 6.07) is 13.8. The molecule has 1 heterocycles. The smallest absolute Gasteiger partial charge is 0.252 e. The van der Waals surface area contributed by atoms with E-state index in [1.54, 1.807) is 18.2 Å². The van der Waals surface area contributed by atoms with Crippen LogP contribution in [-0.2, 0) is 32.3 Å². The Balaban J connectivity index is 1.57. The molecule has 2 amide bonds. The maximum absolute atomic E-state index is 13.8. The number of nitrogens with one attached hydrogen (secondary N) is 3. The highest BCUT2D eigenvalue weighted by Gasteiger charge is 2.36. The molecule has 4 rings (SSSR count). The second-order valence-electron chi connectivity index (χ2n) is 12.5. The number of amides is 2. The molecular formula is C33H48N4O6S. The molecular weight excluding hydrogens is 580 g/mol. The number of benzene rings is 2. The van der Waals surface area contributed by atoms with Gasteiger partial charge in [-0.15, -0.1) is 0 Å². The lowest BCUT2D eigenvalue weighted by Gasteiger charge is -2.36. The number of rotatable bonds is 16. The van der Waals surface area contributed by atoms with Crippen LogP contribution in [0, 0.1) is 11.8 Å². The van der Waals surface area contributed by atoms with E-state index >= 15 is 0 Å². The molecule has 0 spiro atoms. The minimum Gasteiger partial charge on any atom is -0.493 e. The quantitative estimate of drug-likeness (QED) is 0.208. The lowest BCUT2D eigenvalue weighted by Crippen LogP contribution is -2.60. The van der Waals surface area contributed by atoms with Crippen LogP contribution in [0.3, 0.4) is 0 Å². The van der Waals surface area contributed by atoms with Crippen LogP contribution in [0.15, 0.2) is 53.4 Å². The zero-order chi connectivity index (χ0) is 31.9. The van der Waals surface area contributed by atoms with Gasteiger partial charge >= 0.3 is 0 Å². The number of carbonyl (C=O) groups excluding carboxylic acids is 2. The summed E-state index contributed by atoms with van der Waals surface area (Å²) in [5.74, 6) is -0.204.